The molecular formula is C19H31NO4. The van der Waals surface area contributed by atoms with Crippen LogP contribution < -0.4 is 0 Å². The van der Waals surface area contributed by atoms with E-state index < -0.39 is 18.2 Å². The number of carbonyl (C=O) groups excluding carboxylic acids is 2. The lowest BCUT2D eigenvalue weighted by molar-refractivity contribution is -0.185. The third-order valence-electron chi connectivity index (χ3n) is 3.62. The summed E-state index contributed by atoms with van der Waals surface area (Å²) in [6.45, 7) is 7.25. The van der Waals surface area contributed by atoms with Gasteiger partial charge in [-0.15, -0.1) is 0 Å². The maximum absolute atomic E-state index is 11.6. The van der Waals surface area contributed by atoms with Crippen molar-refractivity contribution in [1.29, 1.82) is 5.26 Å². The fraction of sp³-hybridized carbons (Fsp3) is 0.737. The van der Waals surface area contributed by atoms with Gasteiger partial charge in [-0.05, 0) is 13.3 Å². The molecule has 1 unspecified atom stereocenters. The van der Waals surface area contributed by atoms with E-state index in [9.17, 15) is 9.59 Å². The van der Waals surface area contributed by atoms with Crippen LogP contribution in [0.3, 0.4) is 0 Å². The Morgan fingerprint density at radius 3 is 2.04 bits per heavy atom. The number of hydrogen-bond acceptors (Lipinski definition) is 5. The Bertz CT molecular complexity index is 426. The molecule has 5 nitrogen and oxygen atoms in total. The van der Waals surface area contributed by atoms with Gasteiger partial charge in [0.1, 0.15) is 6.42 Å². The van der Waals surface area contributed by atoms with Gasteiger partial charge >= 0.3 is 11.9 Å². The Morgan fingerprint density at radius 2 is 1.54 bits per heavy atom. The molecule has 5 heteroatoms. The molecule has 1 atom stereocenters. The second-order valence-electron chi connectivity index (χ2n) is 6.06. The number of nitriles is 1. The average molecular weight is 337 g/mol. The fourth-order valence-electron chi connectivity index (χ4n) is 2.24. The summed E-state index contributed by atoms with van der Waals surface area (Å²) in [4.78, 5) is 23.0. The molecule has 0 N–H and O–H groups in total. The van der Waals surface area contributed by atoms with Crippen molar-refractivity contribution in [1.82, 2.24) is 0 Å². The number of esters is 2. The van der Waals surface area contributed by atoms with Crippen LogP contribution in [0.4, 0.5) is 0 Å². The Labute approximate surface area is 146 Å². The van der Waals surface area contributed by atoms with E-state index in [0.717, 1.165) is 19.3 Å². The van der Waals surface area contributed by atoms with E-state index in [1.807, 2.05) is 0 Å². The van der Waals surface area contributed by atoms with Crippen LogP contribution in [-0.2, 0) is 19.1 Å². The molecule has 0 rings (SSSR count). The van der Waals surface area contributed by atoms with Gasteiger partial charge in [0.25, 0.3) is 0 Å². The zero-order valence-electron chi connectivity index (χ0n) is 15.1. The van der Waals surface area contributed by atoms with Gasteiger partial charge in [-0.2, -0.15) is 5.26 Å². The van der Waals surface area contributed by atoms with E-state index in [1.165, 1.54) is 45.4 Å². The highest BCUT2D eigenvalue weighted by atomic mass is 16.7. The van der Waals surface area contributed by atoms with E-state index in [2.05, 4.69) is 13.5 Å². The van der Waals surface area contributed by atoms with E-state index in [0.29, 0.717) is 6.42 Å². The second-order valence-corrected chi connectivity index (χ2v) is 6.06. The zero-order chi connectivity index (χ0) is 18.2. The summed E-state index contributed by atoms with van der Waals surface area (Å²) < 4.78 is 10.1. The van der Waals surface area contributed by atoms with Gasteiger partial charge in [-0.3, -0.25) is 4.79 Å². The van der Waals surface area contributed by atoms with E-state index in [1.54, 1.807) is 6.07 Å². The van der Waals surface area contributed by atoms with Crippen molar-refractivity contribution in [2.45, 2.75) is 90.8 Å². The van der Waals surface area contributed by atoms with Gasteiger partial charge in [0.15, 0.2) is 0 Å². The molecule has 0 aromatic carbocycles. The fourth-order valence-corrected chi connectivity index (χ4v) is 2.24. The first-order chi connectivity index (χ1) is 11.5. The van der Waals surface area contributed by atoms with Crippen LogP contribution in [0.1, 0.15) is 84.5 Å². The number of ether oxygens (including phenoxy) is 2. The largest absolute Gasteiger partial charge is 0.424 e. The third-order valence-corrected chi connectivity index (χ3v) is 3.62. The molecule has 0 saturated heterocycles. The van der Waals surface area contributed by atoms with Crippen molar-refractivity contribution in [2.75, 3.05) is 0 Å². The van der Waals surface area contributed by atoms with Crippen molar-refractivity contribution in [3.8, 4) is 6.07 Å². The van der Waals surface area contributed by atoms with Crippen molar-refractivity contribution >= 4 is 11.9 Å². The SMILES string of the molecule is C=C(C)C(=O)OC(CCCCCCCCCCC)OC(=O)CC#N. The smallest absolute Gasteiger partial charge is 0.336 e. The van der Waals surface area contributed by atoms with Crippen molar-refractivity contribution < 1.29 is 19.1 Å². The highest BCUT2D eigenvalue weighted by molar-refractivity contribution is 5.87. The molecule has 0 aliphatic rings. The monoisotopic (exact) mass is 337 g/mol. The summed E-state index contributed by atoms with van der Waals surface area (Å²) in [6, 6.07) is 1.72. The Kier molecular flexibility index (Phi) is 13.6. The van der Waals surface area contributed by atoms with Gasteiger partial charge < -0.3 is 9.47 Å². The van der Waals surface area contributed by atoms with Crippen LogP contribution in [0.25, 0.3) is 0 Å². The minimum atomic E-state index is -0.931. The molecule has 0 amide bonds. The number of unbranched alkanes of at least 4 members (excludes halogenated alkanes) is 8. The second kappa shape index (κ2) is 14.7. The normalized spacial score (nSPS) is 11.4. The first-order valence-electron chi connectivity index (χ1n) is 8.94. The highest BCUT2D eigenvalue weighted by Crippen LogP contribution is 2.14. The van der Waals surface area contributed by atoms with Crippen LogP contribution in [0.2, 0.25) is 0 Å². The molecule has 0 heterocycles. The predicted molar refractivity (Wildman–Crippen MR) is 92.9 cm³/mol. The number of nitrogens with zero attached hydrogens (tertiary/aromatic N) is 1. The van der Waals surface area contributed by atoms with Gasteiger partial charge in [-0.1, -0.05) is 64.9 Å². The van der Waals surface area contributed by atoms with Crippen LogP contribution in [0, 0.1) is 11.3 Å². The van der Waals surface area contributed by atoms with Gasteiger partial charge in [-0.25, -0.2) is 4.79 Å². The lowest BCUT2D eigenvalue weighted by Crippen LogP contribution is -2.24. The number of rotatable bonds is 14. The molecule has 136 valence electrons. The van der Waals surface area contributed by atoms with E-state index >= 15 is 0 Å². The van der Waals surface area contributed by atoms with E-state index in [-0.39, 0.29) is 12.0 Å². The summed E-state index contributed by atoms with van der Waals surface area (Å²) >= 11 is 0. The zero-order valence-corrected chi connectivity index (χ0v) is 15.1. The van der Waals surface area contributed by atoms with Gasteiger partial charge in [0.05, 0.1) is 6.07 Å². The molecule has 0 bridgehead atoms. The van der Waals surface area contributed by atoms with Gasteiger partial charge in [0, 0.05) is 12.0 Å². The summed E-state index contributed by atoms with van der Waals surface area (Å²) in [5, 5.41) is 8.50. The maximum atomic E-state index is 11.6. The molecule has 0 fully saturated rings. The van der Waals surface area contributed by atoms with Crippen LogP contribution in [0.5, 0.6) is 0 Å². The van der Waals surface area contributed by atoms with Crippen molar-refractivity contribution in [2.24, 2.45) is 0 Å². The molecule has 0 aromatic heterocycles. The Hall–Kier alpha value is -1.83. The maximum Gasteiger partial charge on any atom is 0.336 e. The van der Waals surface area contributed by atoms with Crippen LogP contribution >= 0.6 is 0 Å². The van der Waals surface area contributed by atoms with Crippen LogP contribution in [-0.4, -0.2) is 18.2 Å². The average Bonchev–Trinajstić information content (AvgIpc) is 2.53. The Balaban J connectivity index is 3.99. The molecule has 0 radical (unpaired) electrons. The molecule has 0 aliphatic carbocycles. The molecule has 24 heavy (non-hydrogen) atoms. The molecule has 0 aromatic rings. The number of hydrogen-bond donors (Lipinski definition) is 0. The highest BCUT2D eigenvalue weighted by Gasteiger charge is 2.19. The van der Waals surface area contributed by atoms with Crippen molar-refractivity contribution in [3.05, 3.63) is 12.2 Å². The standard InChI is InChI=1S/C19H31NO4/c1-4-5-6-7-8-9-10-11-12-13-18(23-17(21)14-15-20)24-19(22)16(2)3/h18H,2,4-14H2,1,3H3. The first kappa shape index (κ1) is 22.2. The van der Waals surface area contributed by atoms with Crippen molar-refractivity contribution in [3.63, 3.8) is 0 Å². The molecule has 0 aliphatic heterocycles. The lowest BCUT2D eigenvalue weighted by atomic mass is 10.1. The quantitative estimate of drug-likeness (QED) is 0.197. The number of carbonyl (C=O) groups is 2. The lowest BCUT2D eigenvalue weighted by Gasteiger charge is -2.17. The Morgan fingerprint density at radius 1 is 1.00 bits per heavy atom. The minimum absolute atomic E-state index is 0.253. The molecule has 0 saturated carbocycles. The molecular weight excluding hydrogens is 306 g/mol. The predicted octanol–water partition coefficient (Wildman–Crippen LogP) is 4.81. The van der Waals surface area contributed by atoms with E-state index in [4.69, 9.17) is 14.7 Å². The third kappa shape index (κ3) is 12.7. The van der Waals surface area contributed by atoms with Crippen LogP contribution in [0.15, 0.2) is 12.2 Å². The summed E-state index contributed by atoms with van der Waals surface area (Å²) in [6.07, 6.45) is 9.73. The summed E-state index contributed by atoms with van der Waals surface area (Å²) in [5.41, 5.74) is 0.253. The first-order valence-corrected chi connectivity index (χ1v) is 8.94. The topological polar surface area (TPSA) is 76.4 Å². The minimum Gasteiger partial charge on any atom is -0.424 e. The molecule has 0 spiro atoms. The van der Waals surface area contributed by atoms with Gasteiger partial charge in [0.2, 0.25) is 6.29 Å². The summed E-state index contributed by atoms with van der Waals surface area (Å²) in [5.74, 6) is -1.26. The summed E-state index contributed by atoms with van der Waals surface area (Å²) in [7, 11) is 0.